The molecule has 0 aliphatic heterocycles. The van der Waals surface area contributed by atoms with Crippen molar-refractivity contribution in [3.05, 3.63) is 48.1 Å². The minimum Gasteiger partial charge on any atom is -0.271 e. The molecule has 0 spiro atoms. The average Bonchev–Trinajstić information content (AvgIpc) is 2.78. The summed E-state index contributed by atoms with van der Waals surface area (Å²) >= 11 is 5.85. The van der Waals surface area contributed by atoms with Crippen LogP contribution in [-0.2, 0) is 0 Å². The van der Waals surface area contributed by atoms with E-state index in [-0.39, 0.29) is 0 Å². The molecule has 0 fully saturated rings. The van der Waals surface area contributed by atoms with Gasteiger partial charge in [-0.15, -0.1) is 10.2 Å². The van der Waals surface area contributed by atoms with E-state index in [0.717, 1.165) is 16.8 Å². The van der Waals surface area contributed by atoms with E-state index in [1.807, 2.05) is 24.3 Å². The molecule has 4 nitrogen and oxygen atoms in total. The molecule has 0 saturated carbocycles. The summed E-state index contributed by atoms with van der Waals surface area (Å²) < 4.78 is 1.78. The molecule has 78 valence electrons. The number of benzene rings is 1. The van der Waals surface area contributed by atoms with Crippen LogP contribution in [0.3, 0.4) is 0 Å². The lowest BCUT2D eigenvalue weighted by Gasteiger charge is -2.02. The average molecular weight is 231 g/mol. The van der Waals surface area contributed by atoms with Gasteiger partial charge in [0.2, 0.25) is 0 Å². The van der Waals surface area contributed by atoms with Crippen LogP contribution in [0.2, 0.25) is 5.02 Å². The Hall–Kier alpha value is -1.94. The molecular formula is C11H7ClN4. The molecule has 0 aliphatic rings. The van der Waals surface area contributed by atoms with E-state index in [9.17, 15) is 0 Å². The van der Waals surface area contributed by atoms with Crippen LogP contribution in [0.5, 0.6) is 0 Å². The largest absolute Gasteiger partial charge is 0.271 e. The van der Waals surface area contributed by atoms with Crippen molar-refractivity contribution in [3.8, 4) is 11.1 Å². The Labute approximate surface area is 96.5 Å². The van der Waals surface area contributed by atoms with Crippen molar-refractivity contribution in [1.29, 1.82) is 0 Å². The number of hydrogen-bond donors (Lipinski definition) is 0. The van der Waals surface area contributed by atoms with Gasteiger partial charge in [-0.1, -0.05) is 23.7 Å². The van der Waals surface area contributed by atoms with Crippen molar-refractivity contribution >= 4 is 17.2 Å². The number of fused-ring (bicyclic) bond motifs is 1. The van der Waals surface area contributed by atoms with Crippen LogP contribution in [0.4, 0.5) is 0 Å². The fourth-order valence-corrected chi connectivity index (χ4v) is 1.72. The zero-order valence-corrected chi connectivity index (χ0v) is 8.96. The van der Waals surface area contributed by atoms with Crippen LogP contribution in [0.25, 0.3) is 16.8 Å². The predicted molar refractivity (Wildman–Crippen MR) is 61.2 cm³/mol. The number of nitrogens with zero attached hydrogens (tertiary/aromatic N) is 4. The maximum absolute atomic E-state index is 5.85. The van der Waals surface area contributed by atoms with Crippen LogP contribution in [0.1, 0.15) is 0 Å². The molecule has 16 heavy (non-hydrogen) atoms. The lowest BCUT2D eigenvalue weighted by Crippen LogP contribution is -1.89. The molecule has 0 atom stereocenters. The minimum absolute atomic E-state index is 0.713. The van der Waals surface area contributed by atoms with Crippen LogP contribution in [0.15, 0.2) is 43.1 Å². The topological polar surface area (TPSA) is 43.1 Å². The number of aromatic nitrogens is 4. The Bertz CT molecular complexity index is 630. The molecule has 3 rings (SSSR count). The summed E-state index contributed by atoms with van der Waals surface area (Å²) in [7, 11) is 0. The highest BCUT2D eigenvalue weighted by molar-refractivity contribution is 6.30. The quantitative estimate of drug-likeness (QED) is 0.645. The third-order valence-electron chi connectivity index (χ3n) is 2.36. The summed E-state index contributed by atoms with van der Waals surface area (Å²) in [5, 5.41) is 8.62. The number of hydrogen-bond acceptors (Lipinski definition) is 3. The summed E-state index contributed by atoms with van der Waals surface area (Å²) in [5.41, 5.74) is 2.75. The van der Waals surface area contributed by atoms with Crippen LogP contribution in [0, 0.1) is 0 Å². The van der Waals surface area contributed by atoms with Crippen LogP contribution >= 0.6 is 11.6 Å². The third-order valence-corrected chi connectivity index (χ3v) is 2.62. The van der Waals surface area contributed by atoms with Crippen LogP contribution in [-0.4, -0.2) is 19.6 Å². The van der Waals surface area contributed by atoms with Crippen molar-refractivity contribution in [1.82, 2.24) is 19.6 Å². The molecule has 0 radical (unpaired) electrons. The van der Waals surface area contributed by atoms with Gasteiger partial charge in [0.25, 0.3) is 0 Å². The molecule has 0 unspecified atom stereocenters. The third kappa shape index (κ3) is 1.44. The SMILES string of the molecule is Clc1ccc(-c2cncn3cnnc23)cc1. The van der Waals surface area contributed by atoms with Gasteiger partial charge in [0.05, 0.1) is 0 Å². The molecule has 0 amide bonds. The molecular weight excluding hydrogens is 224 g/mol. The Balaban J connectivity index is 2.25. The lowest BCUT2D eigenvalue weighted by molar-refractivity contribution is 1.07. The molecule has 0 N–H and O–H groups in total. The minimum atomic E-state index is 0.713. The van der Waals surface area contributed by atoms with Crippen LogP contribution < -0.4 is 0 Å². The van der Waals surface area contributed by atoms with Crippen molar-refractivity contribution < 1.29 is 0 Å². The van der Waals surface area contributed by atoms with E-state index in [1.54, 1.807) is 23.3 Å². The number of halogens is 1. The van der Waals surface area contributed by atoms with Crippen molar-refractivity contribution in [3.63, 3.8) is 0 Å². The molecule has 3 aromatic rings. The highest BCUT2D eigenvalue weighted by atomic mass is 35.5. The molecule has 0 bridgehead atoms. The molecule has 5 heteroatoms. The van der Waals surface area contributed by atoms with E-state index in [0.29, 0.717) is 5.02 Å². The number of rotatable bonds is 1. The van der Waals surface area contributed by atoms with Gasteiger partial charge in [-0.2, -0.15) is 0 Å². The fraction of sp³-hybridized carbons (Fsp3) is 0. The Morgan fingerprint density at radius 3 is 2.69 bits per heavy atom. The van der Waals surface area contributed by atoms with Crippen molar-refractivity contribution in [2.24, 2.45) is 0 Å². The van der Waals surface area contributed by atoms with E-state index < -0.39 is 0 Å². The molecule has 2 aromatic heterocycles. The summed E-state index contributed by atoms with van der Waals surface area (Å²) in [6, 6.07) is 7.57. The standard InChI is InChI=1S/C11H7ClN4/c12-9-3-1-8(2-4-9)10-5-13-6-16-7-14-15-11(10)16/h1-7H. The second kappa shape index (κ2) is 3.57. The normalized spacial score (nSPS) is 10.8. The smallest absolute Gasteiger partial charge is 0.171 e. The predicted octanol–water partition coefficient (Wildman–Crippen LogP) is 2.44. The second-order valence-corrected chi connectivity index (χ2v) is 3.81. The summed E-state index contributed by atoms with van der Waals surface area (Å²) in [4.78, 5) is 4.13. The Kier molecular flexibility index (Phi) is 2.08. The van der Waals surface area contributed by atoms with Gasteiger partial charge in [0.15, 0.2) is 5.65 Å². The first kappa shape index (κ1) is 9.30. The van der Waals surface area contributed by atoms with E-state index in [4.69, 9.17) is 11.6 Å². The summed E-state index contributed by atoms with van der Waals surface area (Å²) in [5.74, 6) is 0. The zero-order valence-electron chi connectivity index (χ0n) is 8.21. The van der Waals surface area contributed by atoms with Gasteiger partial charge >= 0.3 is 0 Å². The van der Waals surface area contributed by atoms with Crippen molar-refractivity contribution in [2.75, 3.05) is 0 Å². The van der Waals surface area contributed by atoms with E-state index >= 15 is 0 Å². The molecule has 1 aromatic carbocycles. The fourth-order valence-electron chi connectivity index (χ4n) is 1.59. The molecule has 0 aliphatic carbocycles. The van der Waals surface area contributed by atoms with Gasteiger partial charge in [0, 0.05) is 16.8 Å². The highest BCUT2D eigenvalue weighted by Gasteiger charge is 2.05. The van der Waals surface area contributed by atoms with Gasteiger partial charge in [0.1, 0.15) is 12.7 Å². The van der Waals surface area contributed by atoms with Gasteiger partial charge in [-0.3, -0.25) is 4.40 Å². The lowest BCUT2D eigenvalue weighted by atomic mass is 10.1. The second-order valence-electron chi connectivity index (χ2n) is 3.38. The van der Waals surface area contributed by atoms with Crippen molar-refractivity contribution in [2.45, 2.75) is 0 Å². The molecule has 0 saturated heterocycles. The van der Waals surface area contributed by atoms with E-state index in [2.05, 4.69) is 15.2 Å². The Morgan fingerprint density at radius 1 is 1.06 bits per heavy atom. The zero-order chi connectivity index (χ0) is 11.0. The van der Waals surface area contributed by atoms with E-state index in [1.165, 1.54) is 0 Å². The maximum Gasteiger partial charge on any atom is 0.171 e. The molecule has 2 heterocycles. The summed E-state index contributed by atoms with van der Waals surface area (Å²) in [6.45, 7) is 0. The maximum atomic E-state index is 5.85. The highest BCUT2D eigenvalue weighted by Crippen LogP contribution is 2.23. The Morgan fingerprint density at radius 2 is 1.88 bits per heavy atom. The first-order chi connectivity index (χ1) is 7.84. The summed E-state index contributed by atoms with van der Waals surface area (Å²) in [6.07, 6.45) is 5.07. The monoisotopic (exact) mass is 230 g/mol. The van der Waals surface area contributed by atoms with Gasteiger partial charge in [-0.05, 0) is 17.7 Å². The van der Waals surface area contributed by atoms with Gasteiger partial charge < -0.3 is 0 Å². The first-order valence-corrected chi connectivity index (χ1v) is 5.12. The van der Waals surface area contributed by atoms with Gasteiger partial charge in [-0.25, -0.2) is 4.98 Å². The first-order valence-electron chi connectivity index (χ1n) is 4.74.